The van der Waals surface area contributed by atoms with E-state index in [1.807, 2.05) is 0 Å². The monoisotopic (exact) mass is 138 g/mol. The minimum atomic E-state index is 0.742. The maximum atomic E-state index is 3.87. The molecular formula is C9H16N. The molecule has 1 atom stereocenters. The summed E-state index contributed by atoms with van der Waals surface area (Å²) in [6.07, 6.45) is 4.92. The predicted molar refractivity (Wildman–Crippen MR) is 44.7 cm³/mol. The molecule has 1 heterocycles. The largest absolute Gasteiger partial charge is 0.316 e. The highest BCUT2D eigenvalue weighted by Gasteiger charge is 2.12. The third kappa shape index (κ3) is 2.53. The Morgan fingerprint density at radius 1 is 1.70 bits per heavy atom. The molecule has 1 N–H and O–H groups in total. The first kappa shape index (κ1) is 7.80. The molecule has 1 heteroatoms. The standard InChI is InChI=1S/C9H16N/c1-8(2)6-9-4-3-5-10-7-9/h6,9-10H,1,3-5,7H2,2H3. The summed E-state index contributed by atoms with van der Waals surface area (Å²) in [4.78, 5) is 0. The summed E-state index contributed by atoms with van der Waals surface area (Å²) < 4.78 is 0. The molecule has 1 saturated heterocycles. The first-order valence-electron chi connectivity index (χ1n) is 4.00. The van der Waals surface area contributed by atoms with Gasteiger partial charge in [0.2, 0.25) is 0 Å². The Kier molecular flexibility index (Phi) is 2.94. The zero-order chi connectivity index (χ0) is 7.40. The number of rotatable bonds is 2. The smallest absolute Gasteiger partial charge is 0.00146 e. The number of hydrogen-bond donors (Lipinski definition) is 1. The molecule has 1 rings (SSSR count). The van der Waals surface area contributed by atoms with Gasteiger partial charge in [-0.2, -0.15) is 0 Å². The second-order valence-electron chi connectivity index (χ2n) is 3.12. The van der Waals surface area contributed by atoms with Crippen LogP contribution in [0, 0.1) is 12.3 Å². The van der Waals surface area contributed by atoms with Gasteiger partial charge in [0.05, 0.1) is 0 Å². The highest BCUT2D eigenvalue weighted by atomic mass is 14.9. The van der Waals surface area contributed by atoms with Crippen LogP contribution in [0.1, 0.15) is 19.8 Å². The topological polar surface area (TPSA) is 12.0 Å². The van der Waals surface area contributed by atoms with E-state index in [2.05, 4.69) is 25.2 Å². The van der Waals surface area contributed by atoms with E-state index in [0.29, 0.717) is 0 Å². The van der Waals surface area contributed by atoms with Crippen LogP contribution in [0.15, 0.2) is 12.2 Å². The molecular weight excluding hydrogens is 122 g/mol. The molecule has 1 aliphatic rings. The van der Waals surface area contributed by atoms with Crippen molar-refractivity contribution in [2.75, 3.05) is 13.1 Å². The molecule has 1 fully saturated rings. The quantitative estimate of drug-likeness (QED) is 0.613. The second-order valence-corrected chi connectivity index (χ2v) is 3.12. The van der Waals surface area contributed by atoms with Gasteiger partial charge in [-0.25, -0.2) is 0 Å². The van der Waals surface area contributed by atoms with Gasteiger partial charge in [-0.05, 0) is 45.2 Å². The van der Waals surface area contributed by atoms with Gasteiger partial charge >= 0.3 is 0 Å². The Morgan fingerprint density at radius 2 is 2.50 bits per heavy atom. The average molecular weight is 138 g/mol. The third-order valence-electron chi connectivity index (χ3n) is 1.86. The minimum Gasteiger partial charge on any atom is -0.316 e. The number of hydrogen-bond acceptors (Lipinski definition) is 1. The summed E-state index contributed by atoms with van der Waals surface area (Å²) in [5.74, 6) is 0.742. The Bertz CT molecular complexity index is 112. The van der Waals surface area contributed by atoms with Crippen molar-refractivity contribution < 1.29 is 0 Å². The molecule has 0 saturated carbocycles. The van der Waals surface area contributed by atoms with Gasteiger partial charge in [0, 0.05) is 0 Å². The van der Waals surface area contributed by atoms with Crippen LogP contribution in [0.2, 0.25) is 0 Å². The highest BCUT2D eigenvalue weighted by molar-refractivity contribution is 5.07. The van der Waals surface area contributed by atoms with Crippen molar-refractivity contribution in [3.05, 3.63) is 18.6 Å². The van der Waals surface area contributed by atoms with Crippen molar-refractivity contribution in [1.82, 2.24) is 5.32 Å². The van der Waals surface area contributed by atoms with Gasteiger partial charge < -0.3 is 5.32 Å². The summed E-state index contributed by atoms with van der Waals surface area (Å²) in [6, 6.07) is 0. The molecule has 0 bridgehead atoms. The van der Waals surface area contributed by atoms with Gasteiger partial charge in [-0.1, -0.05) is 12.2 Å². The molecule has 0 aromatic rings. The highest BCUT2D eigenvalue weighted by Crippen LogP contribution is 2.16. The maximum Gasteiger partial charge on any atom is -0.00146 e. The van der Waals surface area contributed by atoms with Gasteiger partial charge in [0.15, 0.2) is 0 Å². The molecule has 0 spiro atoms. The summed E-state index contributed by atoms with van der Waals surface area (Å²) in [7, 11) is 0. The average Bonchev–Trinajstić information content (AvgIpc) is 1.88. The second kappa shape index (κ2) is 3.77. The molecule has 0 aromatic heterocycles. The van der Waals surface area contributed by atoms with E-state index in [9.17, 15) is 0 Å². The van der Waals surface area contributed by atoms with Crippen molar-refractivity contribution in [2.45, 2.75) is 19.8 Å². The van der Waals surface area contributed by atoms with Gasteiger partial charge in [0.25, 0.3) is 0 Å². The molecule has 1 aliphatic heterocycles. The van der Waals surface area contributed by atoms with Crippen LogP contribution < -0.4 is 5.32 Å². The van der Waals surface area contributed by atoms with Crippen molar-refractivity contribution in [3.8, 4) is 0 Å². The van der Waals surface area contributed by atoms with E-state index in [1.54, 1.807) is 0 Å². The van der Waals surface area contributed by atoms with Crippen LogP contribution in [-0.2, 0) is 0 Å². The lowest BCUT2D eigenvalue weighted by Crippen LogP contribution is -2.29. The molecule has 0 amide bonds. The molecule has 0 aromatic carbocycles. The van der Waals surface area contributed by atoms with E-state index >= 15 is 0 Å². The van der Waals surface area contributed by atoms with Crippen LogP contribution in [-0.4, -0.2) is 13.1 Å². The fourth-order valence-electron chi connectivity index (χ4n) is 1.42. The van der Waals surface area contributed by atoms with Crippen LogP contribution in [0.5, 0.6) is 0 Å². The van der Waals surface area contributed by atoms with E-state index < -0.39 is 0 Å². The van der Waals surface area contributed by atoms with Crippen molar-refractivity contribution in [2.24, 2.45) is 5.92 Å². The van der Waals surface area contributed by atoms with E-state index in [4.69, 9.17) is 0 Å². The van der Waals surface area contributed by atoms with Crippen LogP contribution >= 0.6 is 0 Å². The van der Waals surface area contributed by atoms with Crippen LogP contribution in [0.25, 0.3) is 0 Å². The Morgan fingerprint density at radius 3 is 3.00 bits per heavy atom. The maximum absolute atomic E-state index is 3.87. The summed E-state index contributed by atoms with van der Waals surface area (Å²) in [6.45, 7) is 8.27. The first-order valence-corrected chi connectivity index (χ1v) is 4.00. The minimum absolute atomic E-state index is 0.742. The number of nitrogens with one attached hydrogen (secondary N) is 1. The fourth-order valence-corrected chi connectivity index (χ4v) is 1.42. The SMILES string of the molecule is C=C(C)[CH]C1CCCNC1. The number of allylic oxidation sites excluding steroid dienone is 1. The van der Waals surface area contributed by atoms with E-state index in [0.717, 1.165) is 12.5 Å². The van der Waals surface area contributed by atoms with E-state index in [1.165, 1.54) is 25.0 Å². The van der Waals surface area contributed by atoms with Crippen LogP contribution in [0.3, 0.4) is 0 Å². The zero-order valence-corrected chi connectivity index (χ0v) is 6.69. The predicted octanol–water partition coefficient (Wildman–Crippen LogP) is 1.77. The Labute approximate surface area is 63.5 Å². The van der Waals surface area contributed by atoms with Crippen molar-refractivity contribution >= 4 is 0 Å². The summed E-state index contributed by atoms with van der Waals surface area (Å²) in [5.41, 5.74) is 1.20. The zero-order valence-electron chi connectivity index (χ0n) is 6.69. The van der Waals surface area contributed by atoms with Gasteiger partial charge in [0.1, 0.15) is 0 Å². The lowest BCUT2D eigenvalue weighted by molar-refractivity contribution is 0.421. The number of piperidine rings is 1. The molecule has 10 heavy (non-hydrogen) atoms. The summed E-state index contributed by atoms with van der Waals surface area (Å²) >= 11 is 0. The Balaban J connectivity index is 2.19. The van der Waals surface area contributed by atoms with E-state index in [-0.39, 0.29) is 0 Å². The summed E-state index contributed by atoms with van der Waals surface area (Å²) in [5, 5.41) is 3.37. The molecule has 1 nitrogen and oxygen atoms in total. The Hall–Kier alpha value is -0.300. The molecule has 57 valence electrons. The fraction of sp³-hybridized carbons (Fsp3) is 0.667. The van der Waals surface area contributed by atoms with Gasteiger partial charge in [-0.3, -0.25) is 0 Å². The lowest BCUT2D eigenvalue weighted by Gasteiger charge is -2.22. The van der Waals surface area contributed by atoms with Gasteiger partial charge in [-0.15, -0.1) is 0 Å². The first-order chi connectivity index (χ1) is 4.79. The molecule has 0 aliphatic carbocycles. The third-order valence-corrected chi connectivity index (χ3v) is 1.86. The molecule has 1 radical (unpaired) electrons. The normalized spacial score (nSPS) is 26.3. The van der Waals surface area contributed by atoms with Crippen molar-refractivity contribution in [1.29, 1.82) is 0 Å². The lowest BCUT2D eigenvalue weighted by atomic mass is 9.93. The van der Waals surface area contributed by atoms with Crippen molar-refractivity contribution in [3.63, 3.8) is 0 Å². The molecule has 1 unspecified atom stereocenters. The van der Waals surface area contributed by atoms with Crippen LogP contribution in [0.4, 0.5) is 0 Å².